The van der Waals surface area contributed by atoms with Crippen molar-refractivity contribution in [3.63, 3.8) is 0 Å². The minimum absolute atomic E-state index is 0.0231. The molecule has 0 saturated carbocycles. The maximum absolute atomic E-state index is 9.68. The van der Waals surface area contributed by atoms with Crippen molar-refractivity contribution < 1.29 is 9.90 Å². The third-order valence-electron chi connectivity index (χ3n) is 1.23. The van der Waals surface area contributed by atoms with Crippen molar-refractivity contribution in [2.24, 2.45) is 0 Å². The number of carbonyl (C=O) groups is 1. The van der Waals surface area contributed by atoms with Crippen LogP contribution in [0, 0.1) is 0 Å². The molecule has 2 rings (SSSR count). The fraction of sp³-hybridized carbons (Fsp3) is 0. The first-order valence-electron chi connectivity index (χ1n) is 3.44. The van der Waals surface area contributed by atoms with Crippen LogP contribution in [0.1, 0.15) is 0 Å². The monoisotopic (exact) mass is 163 g/mol. The first-order valence-corrected chi connectivity index (χ1v) is 3.44. The van der Waals surface area contributed by atoms with Crippen molar-refractivity contribution in [1.82, 2.24) is 5.32 Å². The topological polar surface area (TPSA) is 59.2 Å². The molecule has 1 fully saturated rings. The van der Waals surface area contributed by atoms with Gasteiger partial charge in [-0.15, -0.1) is 0 Å². The third-order valence-corrected chi connectivity index (χ3v) is 1.23. The number of hydrogen-bond donors (Lipinski definition) is 2. The second-order valence-electron chi connectivity index (χ2n) is 2.27. The maximum atomic E-state index is 9.68. The van der Waals surface area contributed by atoms with Crippen molar-refractivity contribution in [1.29, 1.82) is 0 Å². The van der Waals surface area contributed by atoms with Gasteiger partial charge in [0.1, 0.15) is 5.75 Å². The van der Waals surface area contributed by atoms with E-state index in [1.807, 2.05) is 6.07 Å². The first-order chi connectivity index (χ1) is 5.70. The van der Waals surface area contributed by atoms with Crippen molar-refractivity contribution >= 4 is 5.91 Å². The zero-order chi connectivity index (χ0) is 8.97. The number of phenols is 1. The molecule has 0 spiro atoms. The molecule has 1 aliphatic rings. The van der Waals surface area contributed by atoms with Crippen LogP contribution in [0.2, 0.25) is 0 Å². The highest BCUT2D eigenvalue weighted by molar-refractivity contribution is 6.09. The molecule has 1 saturated heterocycles. The lowest BCUT2D eigenvalue weighted by Gasteiger charge is -1.82. The zero-order valence-corrected chi connectivity index (χ0v) is 6.45. The van der Waals surface area contributed by atoms with Gasteiger partial charge in [-0.1, -0.05) is 24.8 Å². The molecule has 1 aromatic carbocycles. The summed E-state index contributed by atoms with van der Waals surface area (Å²) in [5.74, 6) is 0.299. The summed E-state index contributed by atoms with van der Waals surface area (Å²) in [6.45, 7) is 3.29. The average Bonchev–Trinajstić information content (AvgIpc) is 2.67. The normalized spacial score (nSPS) is 12.7. The number of hydrogen-bond acceptors (Lipinski definition) is 2. The second-order valence-corrected chi connectivity index (χ2v) is 2.27. The summed E-state index contributed by atoms with van der Waals surface area (Å²) in [5.41, 5.74) is 0.532. The van der Waals surface area contributed by atoms with Gasteiger partial charge in [-0.05, 0) is 12.1 Å². The summed E-state index contributed by atoms with van der Waals surface area (Å²) >= 11 is 0. The number of aromatic hydroxyl groups is 1. The molecule has 12 heavy (non-hydrogen) atoms. The molecule has 1 amide bonds. The number of rotatable bonds is 0. The molecule has 2 N–H and O–H groups in total. The molecule has 0 aliphatic carbocycles. The smallest absolute Gasteiger partial charge is 0.271 e. The zero-order valence-electron chi connectivity index (χ0n) is 6.45. The predicted octanol–water partition coefficient (Wildman–Crippen LogP) is 1.02. The van der Waals surface area contributed by atoms with Crippen LogP contribution in [0.25, 0.3) is 0 Å². The van der Waals surface area contributed by atoms with Gasteiger partial charge in [0.05, 0.1) is 5.70 Å². The summed E-state index contributed by atoms with van der Waals surface area (Å²) in [4.78, 5) is 9.68. The van der Waals surface area contributed by atoms with E-state index in [1.165, 1.54) is 0 Å². The fourth-order valence-corrected chi connectivity index (χ4v) is 0.534. The average molecular weight is 163 g/mol. The second kappa shape index (κ2) is 3.57. The molecule has 62 valence electrons. The Bertz CT molecular complexity index is 281. The minimum atomic E-state index is -0.0231. The number of para-hydroxylation sites is 1. The van der Waals surface area contributed by atoms with E-state index in [1.54, 1.807) is 24.3 Å². The van der Waals surface area contributed by atoms with Crippen LogP contribution in [0.5, 0.6) is 5.75 Å². The molecule has 1 aromatic rings. The van der Waals surface area contributed by atoms with E-state index in [-0.39, 0.29) is 5.91 Å². The summed E-state index contributed by atoms with van der Waals surface area (Å²) in [6.07, 6.45) is 0. The van der Waals surface area contributed by atoms with Crippen LogP contribution in [0.4, 0.5) is 0 Å². The number of nitrogens with one attached hydrogen (secondary N) is 1. The highest BCUT2D eigenvalue weighted by Crippen LogP contribution is 2.02. The summed E-state index contributed by atoms with van der Waals surface area (Å²) in [5, 5.41) is 11.0. The number of benzene rings is 1. The van der Waals surface area contributed by atoms with Crippen molar-refractivity contribution in [2.75, 3.05) is 0 Å². The number of phenolic OH excluding ortho intramolecular Hbond substituents is 1. The van der Waals surface area contributed by atoms with E-state index in [9.17, 15) is 4.79 Å². The van der Waals surface area contributed by atoms with Crippen LogP contribution in [0.3, 0.4) is 0 Å². The van der Waals surface area contributed by atoms with Gasteiger partial charge in [0.15, 0.2) is 0 Å². The van der Waals surface area contributed by atoms with Gasteiger partial charge in [-0.2, -0.15) is 0 Å². The largest absolute Gasteiger partial charge is 0.508 e. The van der Waals surface area contributed by atoms with Gasteiger partial charge in [-0.3, -0.25) is 4.79 Å². The maximum Gasteiger partial charge on any atom is 0.271 e. The summed E-state index contributed by atoms with van der Waals surface area (Å²) < 4.78 is 0. The number of carbonyl (C=O) groups excluding carboxylic acids is 1. The highest BCUT2D eigenvalue weighted by Gasteiger charge is 2.20. The van der Waals surface area contributed by atoms with Crippen LogP contribution in [-0.4, -0.2) is 11.0 Å². The van der Waals surface area contributed by atoms with E-state index < -0.39 is 0 Å². The minimum Gasteiger partial charge on any atom is -0.508 e. The Kier molecular flexibility index (Phi) is 2.48. The molecule has 0 aromatic heterocycles. The SMILES string of the molecule is C=C1NC1=O.Oc1ccccc1. The van der Waals surface area contributed by atoms with Crippen LogP contribution in [0.15, 0.2) is 42.6 Å². The lowest BCUT2D eigenvalue weighted by Crippen LogP contribution is -1.66. The lowest BCUT2D eigenvalue weighted by molar-refractivity contribution is -0.109. The van der Waals surface area contributed by atoms with Gasteiger partial charge < -0.3 is 10.4 Å². The Morgan fingerprint density at radius 2 is 1.67 bits per heavy atom. The quantitative estimate of drug-likeness (QED) is 0.443. The summed E-state index contributed by atoms with van der Waals surface area (Å²) in [7, 11) is 0. The fourth-order valence-electron chi connectivity index (χ4n) is 0.534. The molecular weight excluding hydrogens is 154 g/mol. The standard InChI is InChI=1S/C6H6O.C3H3NO/c7-6-4-2-1-3-5-6;1-2-3(5)4-2/h1-5,7H;1H2,(H,4,5). The lowest BCUT2D eigenvalue weighted by atomic mass is 10.3. The Balaban J connectivity index is 0.000000127. The third kappa shape index (κ3) is 2.88. The van der Waals surface area contributed by atoms with E-state index in [4.69, 9.17) is 5.11 Å². The van der Waals surface area contributed by atoms with Gasteiger partial charge >= 0.3 is 0 Å². The van der Waals surface area contributed by atoms with Crippen LogP contribution >= 0.6 is 0 Å². The molecule has 3 heteroatoms. The molecular formula is C9H9NO2. The van der Waals surface area contributed by atoms with E-state index in [0.29, 0.717) is 11.4 Å². The van der Waals surface area contributed by atoms with Crippen LogP contribution in [-0.2, 0) is 4.79 Å². The Morgan fingerprint density at radius 1 is 1.25 bits per heavy atom. The summed E-state index contributed by atoms with van der Waals surface area (Å²) in [6, 6.07) is 8.71. The van der Waals surface area contributed by atoms with Gasteiger partial charge in [0, 0.05) is 0 Å². The molecule has 0 atom stereocenters. The van der Waals surface area contributed by atoms with Crippen molar-refractivity contribution in [3.8, 4) is 5.75 Å². The van der Waals surface area contributed by atoms with Crippen LogP contribution < -0.4 is 5.32 Å². The molecule has 0 unspecified atom stereocenters. The van der Waals surface area contributed by atoms with Gasteiger partial charge in [0.25, 0.3) is 5.91 Å². The number of amides is 1. The molecule has 0 bridgehead atoms. The predicted molar refractivity (Wildman–Crippen MR) is 45.4 cm³/mol. The molecule has 0 radical (unpaired) electrons. The Morgan fingerprint density at radius 3 is 1.83 bits per heavy atom. The molecule has 1 aliphatic heterocycles. The highest BCUT2D eigenvalue weighted by atomic mass is 16.3. The van der Waals surface area contributed by atoms with E-state index in [2.05, 4.69) is 11.9 Å². The van der Waals surface area contributed by atoms with E-state index in [0.717, 1.165) is 0 Å². The van der Waals surface area contributed by atoms with Gasteiger partial charge in [-0.25, -0.2) is 0 Å². The first kappa shape index (κ1) is 8.33. The Hall–Kier alpha value is -1.77. The van der Waals surface area contributed by atoms with Gasteiger partial charge in [0.2, 0.25) is 0 Å². The Labute approximate surface area is 70.3 Å². The van der Waals surface area contributed by atoms with Crippen molar-refractivity contribution in [3.05, 3.63) is 42.6 Å². The van der Waals surface area contributed by atoms with Crippen molar-refractivity contribution in [2.45, 2.75) is 0 Å². The van der Waals surface area contributed by atoms with E-state index >= 15 is 0 Å². The molecule has 3 nitrogen and oxygen atoms in total. The molecule has 1 heterocycles.